The second-order valence-corrected chi connectivity index (χ2v) is 5.78. The van der Waals surface area contributed by atoms with Crippen molar-refractivity contribution in [2.75, 3.05) is 5.73 Å². The Hall–Kier alpha value is -2.32. The number of halogens is 2. The molecular formula is C16H16F2N3O3. The first-order chi connectivity index (χ1) is 11.3. The van der Waals surface area contributed by atoms with E-state index in [4.69, 9.17) is 10.5 Å². The van der Waals surface area contributed by atoms with Gasteiger partial charge < -0.3 is 15.6 Å². The maximum absolute atomic E-state index is 14.4. The molecule has 3 N–H and O–H groups in total. The van der Waals surface area contributed by atoms with Crippen molar-refractivity contribution in [3.8, 4) is 0 Å². The van der Waals surface area contributed by atoms with Gasteiger partial charge in [-0.05, 0) is 24.6 Å². The van der Waals surface area contributed by atoms with Crippen LogP contribution in [-0.2, 0) is 11.2 Å². The number of nitrogens with zero attached hydrogens (tertiary/aromatic N) is 2. The Morgan fingerprint density at radius 1 is 1.50 bits per heavy atom. The number of alkyl halides is 2. The highest BCUT2D eigenvalue weighted by Crippen LogP contribution is 2.43. The number of aromatic nitrogens is 2. The lowest BCUT2D eigenvalue weighted by atomic mass is 10.0. The minimum Gasteiger partial charge on any atom is -0.384 e. The van der Waals surface area contributed by atoms with Gasteiger partial charge in [-0.25, -0.2) is 4.79 Å². The van der Waals surface area contributed by atoms with Crippen molar-refractivity contribution in [3.05, 3.63) is 58.1 Å². The Balaban J connectivity index is 1.89. The highest BCUT2D eigenvalue weighted by molar-refractivity contribution is 5.24. The zero-order valence-electron chi connectivity index (χ0n) is 12.8. The monoisotopic (exact) mass is 336 g/mol. The third kappa shape index (κ3) is 2.90. The van der Waals surface area contributed by atoms with Crippen LogP contribution in [-0.4, -0.2) is 32.8 Å². The molecule has 2 heterocycles. The molecule has 0 bridgehead atoms. The van der Waals surface area contributed by atoms with Crippen molar-refractivity contribution >= 4 is 5.82 Å². The summed E-state index contributed by atoms with van der Waals surface area (Å²) in [6.07, 6.45) is -4.04. The van der Waals surface area contributed by atoms with Crippen LogP contribution in [0.2, 0.25) is 0 Å². The van der Waals surface area contributed by atoms with Crippen LogP contribution in [0.15, 0.2) is 35.3 Å². The first-order valence-corrected chi connectivity index (χ1v) is 7.32. The standard InChI is InChI=1S/C16H16F2N3O3/c1-9-3-2-4-10(7-9)8-11-13(22)16(17,18)14(24-11)21-6-5-12(19)20-15(21)23/h2-3,5-7,11,13-14,22H,8H2,1H3,(H2,19,20,23)/t11-,13-,14-/m1/s1. The number of nitrogen functional groups attached to an aromatic ring is 1. The van der Waals surface area contributed by atoms with Crippen molar-refractivity contribution in [1.29, 1.82) is 0 Å². The van der Waals surface area contributed by atoms with Crippen LogP contribution in [0.3, 0.4) is 0 Å². The van der Waals surface area contributed by atoms with Crippen molar-refractivity contribution in [2.45, 2.75) is 37.7 Å². The fraction of sp³-hybridized carbons (Fsp3) is 0.375. The molecule has 2 aromatic rings. The molecule has 1 aromatic heterocycles. The second-order valence-electron chi connectivity index (χ2n) is 5.78. The molecule has 1 aromatic carbocycles. The van der Waals surface area contributed by atoms with E-state index < -0.39 is 30.0 Å². The Bertz CT molecular complexity index is 809. The van der Waals surface area contributed by atoms with Gasteiger partial charge >= 0.3 is 11.6 Å². The van der Waals surface area contributed by atoms with Crippen LogP contribution in [0.1, 0.15) is 17.4 Å². The van der Waals surface area contributed by atoms with E-state index in [-0.39, 0.29) is 12.2 Å². The number of aliphatic hydroxyl groups excluding tert-OH is 1. The largest absolute Gasteiger partial charge is 0.384 e. The summed E-state index contributed by atoms with van der Waals surface area (Å²) in [6.45, 7) is 1.86. The van der Waals surface area contributed by atoms with Gasteiger partial charge in [0.25, 0.3) is 0 Å². The normalized spacial score (nSPS) is 25.8. The van der Waals surface area contributed by atoms with Gasteiger partial charge in [-0.15, -0.1) is 0 Å². The quantitative estimate of drug-likeness (QED) is 0.875. The molecule has 127 valence electrons. The first kappa shape index (κ1) is 16.5. The summed E-state index contributed by atoms with van der Waals surface area (Å²) in [5.41, 5.74) is 5.98. The molecule has 3 atom stereocenters. The Morgan fingerprint density at radius 3 is 2.92 bits per heavy atom. The summed E-state index contributed by atoms with van der Waals surface area (Å²) in [6, 6.07) is 9.42. The molecule has 0 spiro atoms. The number of anilines is 1. The number of ether oxygens (including phenoxy) is 1. The number of nitrogens with two attached hydrogens (primary N) is 1. The van der Waals surface area contributed by atoms with E-state index in [9.17, 15) is 18.7 Å². The van der Waals surface area contributed by atoms with Gasteiger partial charge in [0.05, 0.1) is 6.10 Å². The summed E-state index contributed by atoms with van der Waals surface area (Å²) in [5.74, 6) is -3.72. The summed E-state index contributed by atoms with van der Waals surface area (Å²) >= 11 is 0. The van der Waals surface area contributed by atoms with E-state index in [0.29, 0.717) is 10.1 Å². The Morgan fingerprint density at radius 2 is 2.25 bits per heavy atom. The molecule has 6 nitrogen and oxygen atoms in total. The predicted molar refractivity (Wildman–Crippen MR) is 81.5 cm³/mol. The number of benzene rings is 1. The van der Waals surface area contributed by atoms with E-state index in [1.54, 1.807) is 12.1 Å². The van der Waals surface area contributed by atoms with Crippen molar-refractivity contribution in [1.82, 2.24) is 9.55 Å². The van der Waals surface area contributed by atoms with E-state index in [0.717, 1.165) is 11.8 Å². The highest BCUT2D eigenvalue weighted by atomic mass is 19.3. The maximum Gasteiger partial charge on any atom is 0.351 e. The number of hydrogen-bond acceptors (Lipinski definition) is 5. The average molecular weight is 336 g/mol. The minimum absolute atomic E-state index is 0.0477. The molecule has 1 aliphatic heterocycles. The van der Waals surface area contributed by atoms with Crippen molar-refractivity contribution < 1.29 is 18.6 Å². The number of aryl methyl sites for hydroxylation is 1. The second kappa shape index (κ2) is 5.95. The maximum atomic E-state index is 14.4. The predicted octanol–water partition coefficient (Wildman–Crippen LogP) is 1.07. The molecule has 0 aliphatic carbocycles. The van der Waals surface area contributed by atoms with Gasteiger partial charge in [-0.2, -0.15) is 13.8 Å². The molecule has 1 radical (unpaired) electrons. The number of rotatable bonds is 3. The van der Waals surface area contributed by atoms with Crippen molar-refractivity contribution in [3.63, 3.8) is 0 Å². The van der Waals surface area contributed by atoms with Gasteiger partial charge in [0.2, 0.25) is 6.23 Å². The molecule has 1 fully saturated rings. The van der Waals surface area contributed by atoms with Gasteiger partial charge in [0.15, 0.2) is 0 Å². The summed E-state index contributed by atoms with van der Waals surface area (Å²) in [5, 5.41) is 9.98. The summed E-state index contributed by atoms with van der Waals surface area (Å²) in [4.78, 5) is 15.2. The van der Waals surface area contributed by atoms with Crippen LogP contribution in [0.4, 0.5) is 14.6 Å². The zero-order valence-corrected chi connectivity index (χ0v) is 12.8. The molecule has 0 unspecified atom stereocenters. The first-order valence-electron chi connectivity index (χ1n) is 7.32. The van der Waals surface area contributed by atoms with Crippen LogP contribution in [0, 0.1) is 13.0 Å². The molecule has 1 aliphatic rings. The van der Waals surface area contributed by atoms with Gasteiger partial charge in [-0.3, -0.25) is 4.57 Å². The third-order valence-electron chi connectivity index (χ3n) is 3.92. The van der Waals surface area contributed by atoms with Gasteiger partial charge in [0.1, 0.15) is 11.9 Å². The van der Waals surface area contributed by atoms with Crippen LogP contribution < -0.4 is 11.4 Å². The van der Waals surface area contributed by atoms with E-state index >= 15 is 0 Å². The van der Waals surface area contributed by atoms with E-state index in [1.807, 2.05) is 13.0 Å². The average Bonchev–Trinajstić information content (AvgIpc) is 2.71. The fourth-order valence-electron chi connectivity index (χ4n) is 2.72. The number of aliphatic hydroxyl groups is 1. The summed E-state index contributed by atoms with van der Waals surface area (Å²) < 4.78 is 34.7. The fourth-order valence-corrected chi connectivity index (χ4v) is 2.72. The molecule has 8 heteroatoms. The number of hydrogen-bond donors (Lipinski definition) is 2. The molecular weight excluding hydrogens is 320 g/mol. The molecule has 24 heavy (non-hydrogen) atoms. The van der Waals surface area contributed by atoms with Crippen LogP contribution in [0.25, 0.3) is 0 Å². The lowest BCUT2D eigenvalue weighted by molar-refractivity contribution is -0.140. The van der Waals surface area contributed by atoms with Crippen LogP contribution in [0.5, 0.6) is 0 Å². The van der Waals surface area contributed by atoms with E-state index in [2.05, 4.69) is 11.1 Å². The Kier molecular flexibility index (Phi) is 4.10. The van der Waals surface area contributed by atoms with Gasteiger partial charge in [0, 0.05) is 12.6 Å². The topological polar surface area (TPSA) is 90.4 Å². The molecule has 1 saturated heterocycles. The summed E-state index contributed by atoms with van der Waals surface area (Å²) in [7, 11) is 0. The van der Waals surface area contributed by atoms with Crippen molar-refractivity contribution in [2.24, 2.45) is 0 Å². The highest BCUT2D eigenvalue weighted by Gasteiger charge is 2.59. The Labute approximate surface area is 136 Å². The van der Waals surface area contributed by atoms with Gasteiger partial charge in [-0.1, -0.05) is 23.8 Å². The minimum atomic E-state index is -3.64. The molecule has 0 amide bonds. The SMILES string of the molecule is Cc1cc[c]c(C[C@H]2O[C@@H](n3ccc(N)nc3=O)C(F)(F)[C@@H]2O)c1. The molecule has 3 rings (SSSR count). The van der Waals surface area contributed by atoms with Crippen LogP contribution >= 0.6 is 0 Å². The zero-order chi connectivity index (χ0) is 17.5. The lowest BCUT2D eigenvalue weighted by Crippen LogP contribution is -2.41. The van der Waals surface area contributed by atoms with E-state index in [1.165, 1.54) is 6.07 Å². The smallest absolute Gasteiger partial charge is 0.351 e. The third-order valence-corrected chi connectivity index (χ3v) is 3.92. The lowest BCUT2D eigenvalue weighted by Gasteiger charge is -2.20. The molecule has 0 saturated carbocycles.